The van der Waals surface area contributed by atoms with Crippen molar-refractivity contribution < 1.29 is 27.4 Å². The number of rotatable bonds is 7. The molecule has 0 amide bonds. The van der Waals surface area contributed by atoms with E-state index in [2.05, 4.69) is 4.90 Å². The van der Waals surface area contributed by atoms with Crippen LogP contribution < -0.4 is 0 Å². The van der Waals surface area contributed by atoms with Gasteiger partial charge in [-0.1, -0.05) is 55.5 Å². The summed E-state index contributed by atoms with van der Waals surface area (Å²) in [6, 6.07) is 13.8. The quantitative estimate of drug-likeness (QED) is 0.430. The van der Waals surface area contributed by atoms with Crippen LogP contribution in [0.2, 0.25) is 0 Å². The Kier molecular flexibility index (Phi) is 9.08. The van der Waals surface area contributed by atoms with Crippen LogP contribution in [0.15, 0.2) is 60.2 Å². The van der Waals surface area contributed by atoms with Crippen molar-refractivity contribution in [1.29, 1.82) is 0 Å². The second-order valence-corrected chi connectivity index (χ2v) is 8.49. The molecular weight excluding hydrogens is 443 g/mol. The van der Waals surface area contributed by atoms with Crippen molar-refractivity contribution in [2.75, 3.05) is 26.8 Å². The van der Waals surface area contributed by atoms with Gasteiger partial charge in [0.15, 0.2) is 0 Å². The molecule has 0 aliphatic carbocycles. The summed E-state index contributed by atoms with van der Waals surface area (Å²) in [4.78, 5) is 14.3. The van der Waals surface area contributed by atoms with E-state index >= 15 is 0 Å². The van der Waals surface area contributed by atoms with E-state index in [-0.39, 0.29) is 20.0 Å². The fraction of sp³-hybridized carbons (Fsp3) is 0.444. The van der Waals surface area contributed by atoms with Gasteiger partial charge in [0.05, 0.1) is 30.4 Å². The highest BCUT2D eigenvalue weighted by atomic mass is 19.4. The number of nitrogens with zero attached hydrogens (tertiary/aromatic N) is 1. The monoisotopic (exact) mass is 477 g/mol. The summed E-state index contributed by atoms with van der Waals surface area (Å²) in [6.07, 6.45) is -2.57. The van der Waals surface area contributed by atoms with Gasteiger partial charge >= 0.3 is 12.1 Å². The molecule has 0 N–H and O–H groups in total. The predicted molar refractivity (Wildman–Crippen MR) is 127 cm³/mol. The molecule has 7 heteroatoms. The van der Waals surface area contributed by atoms with Gasteiger partial charge in [0.2, 0.25) is 0 Å². The standard InChI is InChI=1S/C26H30F3NO3.CH4/c1-5-32-24(31)20-11-12-25(30(4)16-20,22-9-7-6-8-10-22)17-33-19(3)21-13-18(2)14-23(15-21)26(27,28)29;/h6-11,13-15,19H,5,12,16-17H2,1-4H3;1H4/t19-,25-;/m1./s1. The Morgan fingerprint density at radius 2 is 1.85 bits per heavy atom. The summed E-state index contributed by atoms with van der Waals surface area (Å²) >= 11 is 0. The third-order valence-electron chi connectivity index (χ3n) is 6.14. The fourth-order valence-corrected chi connectivity index (χ4v) is 4.20. The molecule has 0 bridgehead atoms. The number of alkyl halides is 3. The SMILES string of the molecule is C.CCOC(=O)C1=CC[C@@](CO[C@H](C)c2cc(C)cc(C(F)(F)F)c2)(c2ccccc2)N(C)C1. The summed E-state index contributed by atoms with van der Waals surface area (Å²) in [5.41, 5.74) is 1.37. The lowest BCUT2D eigenvalue weighted by atomic mass is 9.82. The van der Waals surface area contributed by atoms with E-state index in [1.54, 1.807) is 26.8 Å². The summed E-state index contributed by atoms with van der Waals surface area (Å²) in [6.45, 7) is 6.11. The summed E-state index contributed by atoms with van der Waals surface area (Å²) in [7, 11) is 1.92. The Bertz CT molecular complexity index is 1000. The van der Waals surface area contributed by atoms with Gasteiger partial charge in [-0.2, -0.15) is 13.2 Å². The van der Waals surface area contributed by atoms with Crippen LogP contribution >= 0.6 is 0 Å². The molecule has 0 aromatic heterocycles. The average Bonchev–Trinajstić information content (AvgIpc) is 2.78. The molecule has 1 heterocycles. The van der Waals surface area contributed by atoms with Gasteiger partial charge in [0.1, 0.15) is 0 Å². The third kappa shape index (κ3) is 6.07. The second kappa shape index (κ2) is 11.2. The van der Waals surface area contributed by atoms with Gasteiger partial charge in [-0.3, -0.25) is 4.90 Å². The number of halogens is 3. The Morgan fingerprint density at radius 1 is 1.18 bits per heavy atom. The molecular formula is C27H34F3NO3. The molecule has 0 fully saturated rings. The molecule has 4 nitrogen and oxygen atoms in total. The van der Waals surface area contributed by atoms with Crippen molar-refractivity contribution >= 4 is 5.97 Å². The van der Waals surface area contributed by atoms with Gasteiger partial charge in [-0.15, -0.1) is 0 Å². The third-order valence-corrected chi connectivity index (χ3v) is 6.14. The molecule has 2 aromatic carbocycles. The van der Waals surface area contributed by atoms with Gasteiger partial charge in [-0.05, 0) is 57.5 Å². The molecule has 2 aromatic rings. The Morgan fingerprint density at radius 3 is 2.44 bits per heavy atom. The lowest BCUT2D eigenvalue weighted by Crippen LogP contribution is -2.51. The Balaban J connectivity index is 0.00000408. The first-order chi connectivity index (χ1) is 15.6. The maximum absolute atomic E-state index is 13.3. The molecule has 0 unspecified atom stereocenters. The largest absolute Gasteiger partial charge is 0.463 e. The average molecular weight is 478 g/mol. The Labute approximate surface area is 200 Å². The van der Waals surface area contributed by atoms with Crippen molar-refractivity contribution in [3.05, 3.63) is 82.4 Å². The number of carbonyl (C=O) groups excluding carboxylic acids is 1. The molecule has 1 aliphatic heterocycles. The van der Waals surface area contributed by atoms with E-state index in [9.17, 15) is 18.0 Å². The van der Waals surface area contributed by atoms with Crippen molar-refractivity contribution in [3.63, 3.8) is 0 Å². The number of ether oxygens (including phenoxy) is 2. The topological polar surface area (TPSA) is 38.8 Å². The summed E-state index contributed by atoms with van der Waals surface area (Å²) in [5, 5.41) is 0. The normalized spacial score (nSPS) is 19.7. The molecule has 2 atom stereocenters. The van der Waals surface area contributed by atoms with E-state index in [4.69, 9.17) is 9.47 Å². The van der Waals surface area contributed by atoms with Crippen molar-refractivity contribution in [3.8, 4) is 0 Å². The molecule has 1 aliphatic rings. The minimum absolute atomic E-state index is 0. The molecule has 0 spiro atoms. The maximum atomic E-state index is 13.3. The highest BCUT2D eigenvalue weighted by molar-refractivity contribution is 5.89. The van der Waals surface area contributed by atoms with E-state index in [0.29, 0.717) is 36.3 Å². The number of carbonyl (C=O) groups is 1. The van der Waals surface area contributed by atoms with Gasteiger partial charge < -0.3 is 9.47 Å². The number of esters is 1. The van der Waals surface area contributed by atoms with E-state index in [1.165, 1.54) is 0 Å². The van der Waals surface area contributed by atoms with Crippen LogP contribution in [0.3, 0.4) is 0 Å². The lowest BCUT2D eigenvalue weighted by Gasteiger charge is -2.45. The van der Waals surface area contributed by atoms with Crippen LogP contribution in [-0.4, -0.2) is 37.7 Å². The maximum Gasteiger partial charge on any atom is 0.416 e. The second-order valence-electron chi connectivity index (χ2n) is 8.49. The highest BCUT2D eigenvalue weighted by Crippen LogP contribution is 2.38. The van der Waals surface area contributed by atoms with Crippen LogP contribution in [0.5, 0.6) is 0 Å². The first kappa shape index (κ1) is 27.6. The minimum Gasteiger partial charge on any atom is -0.463 e. The van der Waals surface area contributed by atoms with Crippen LogP contribution in [0.25, 0.3) is 0 Å². The van der Waals surface area contributed by atoms with Crippen LogP contribution in [0, 0.1) is 6.92 Å². The molecule has 186 valence electrons. The first-order valence-corrected chi connectivity index (χ1v) is 11.0. The zero-order valence-corrected chi connectivity index (χ0v) is 19.4. The first-order valence-electron chi connectivity index (χ1n) is 11.0. The van der Waals surface area contributed by atoms with Crippen LogP contribution in [0.1, 0.15) is 56.1 Å². The lowest BCUT2D eigenvalue weighted by molar-refractivity contribution is -0.140. The van der Waals surface area contributed by atoms with Crippen molar-refractivity contribution in [2.45, 2.75) is 52.4 Å². The van der Waals surface area contributed by atoms with Crippen LogP contribution in [-0.2, 0) is 26.0 Å². The van der Waals surface area contributed by atoms with Crippen molar-refractivity contribution in [2.24, 2.45) is 0 Å². The molecule has 0 saturated heterocycles. The zero-order valence-electron chi connectivity index (χ0n) is 19.4. The summed E-state index contributed by atoms with van der Waals surface area (Å²) < 4.78 is 51.2. The molecule has 0 saturated carbocycles. The number of benzene rings is 2. The Hall–Kier alpha value is -2.64. The predicted octanol–water partition coefficient (Wildman–Crippen LogP) is 6.45. The zero-order chi connectivity index (χ0) is 24.2. The molecule has 34 heavy (non-hydrogen) atoms. The smallest absolute Gasteiger partial charge is 0.416 e. The molecule has 0 radical (unpaired) electrons. The van der Waals surface area contributed by atoms with Gasteiger partial charge in [-0.25, -0.2) is 4.79 Å². The van der Waals surface area contributed by atoms with Gasteiger partial charge in [0, 0.05) is 12.1 Å². The number of hydrogen-bond donors (Lipinski definition) is 0. The summed E-state index contributed by atoms with van der Waals surface area (Å²) in [5.74, 6) is -0.334. The van der Waals surface area contributed by atoms with E-state index < -0.39 is 23.4 Å². The van der Waals surface area contributed by atoms with Crippen molar-refractivity contribution in [1.82, 2.24) is 4.90 Å². The number of hydrogen-bond acceptors (Lipinski definition) is 4. The van der Waals surface area contributed by atoms with E-state index in [0.717, 1.165) is 17.7 Å². The highest BCUT2D eigenvalue weighted by Gasteiger charge is 2.40. The number of likely N-dealkylation sites (N-methyl/N-ethyl adjacent to an activating group) is 1. The fourth-order valence-electron chi connectivity index (χ4n) is 4.20. The van der Waals surface area contributed by atoms with Crippen LogP contribution in [0.4, 0.5) is 13.2 Å². The molecule has 3 rings (SSSR count). The van der Waals surface area contributed by atoms with Gasteiger partial charge in [0.25, 0.3) is 0 Å². The minimum atomic E-state index is -4.41. The number of aryl methyl sites for hydroxylation is 1. The van der Waals surface area contributed by atoms with E-state index in [1.807, 2.05) is 43.5 Å².